The van der Waals surface area contributed by atoms with Crippen LogP contribution >= 0.6 is 0 Å². The molecule has 6 aromatic rings. The van der Waals surface area contributed by atoms with Gasteiger partial charge in [-0.25, -0.2) is 4.98 Å². The second-order valence-electron chi connectivity index (χ2n) is 8.43. The standard InChI is InChI=1S/C31H22N2O/c34-29-20-28(24-14-8-3-9-15-24)33(21-22-10-4-1-5-11-22)31-26(29)18-16-25-17-19-27(32-30(25)31)23-12-6-2-7-13-23/h1-20H,21H2. The first kappa shape index (κ1) is 20.1. The minimum Gasteiger partial charge on any atom is -0.334 e. The lowest BCUT2D eigenvalue weighted by Crippen LogP contribution is -2.13. The van der Waals surface area contributed by atoms with Crippen molar-refractivity contribution in [3.63, 3.8) is 0 Å². The molecule has 0 bridgehead atoms. The SMILES string of the molecule is O=c1cc(-c2ccccc2)n(Cc2ccccc2)c2c1ccc1ccc(-c3ccccc3)nc12. The van der Waals surface area contributed by atoms with Gasteiger partial charge in [-0.05, 0) is 23.3 Å². The van der Waals surface area contributed by atoms with Crippen LogP contribution in [0.5, 0.6) is 0 Å². The molecule has 0 atom stereocenters. The van der Waals surface area contributed by atoms with Crippen LogP contribution in [0.2, 0.25) is 0 Å². The topological polar surface area (TPSA) is 34.9 Å². The Morgan fingerprint density at radius 2 is 1.26 bits per heavy atom. The van der Waals surface area contributed by atoms with Crippen molar-refractivity contribution in [2.45, 2.75) is 6.54 Å². The first-order chi connectivity index (χ1) is 16.8. The van der Waals surface area contributed by atoms with E-state index in [0.717, 1.165) is 38.9 Å². The van der Waals surface area contributed by atoms with Crippen molar-refractivity contribution in [3.05, 3.63) is 137 Å². The Kier molecular flexibility index (Phi) is 5.00. The third-order valence-corrected chi connectivity index (χ3v) is 6.25. The van der Waals surface area contributed by atoms with Gasteiger partial charge in [0, 0.05) is 28.9 Å². The molecule has 0 aliphatic heterocycles. The highest BCUT2D eigenvalue weighted by Gasteiger charge is 2.15. The van der Waals surface area contributed by atoms with Gasteiger partial charge in [0.1, 0.15) is 0 Å². The fourth-order valence-electron chi connectivity index (χ4n) is 4.59. The van der Waals surface area contributed by atoms with E-state index in [4.69, 9.17) is 4.98 Å². The van der Waals surface area contributed by atoms with E-state index in [1.165, 1.54) is 5.56 Å². The maximum absolute atomic E-state index is 13.3. The highest BCUT2D eigenvalue weighted by molar-refractivity contribution is 6.04. The van der Waals surface area contributed by atoms with Crippen LogP contribution in [0.4, 0.5) is 0 Å². The summed E-state index contributed by atoms with van der Waals surface area (Å²) < 4.78 is 2.24. The van der Waals surface area contributed by atoms with Crippen molar-refractivity contribution in [2.24, 2.45) is 0 Å². The summed E-state index contributed by atoms with van der Waals surface area (Å²) in [6.07, 6.45) is 0. The van der Waals surface area contributed by atoms with Crippen molar-refractivity contribution in [1.29, 1.82) is 0 Å². The zero-order chi connectivity index (χ0) is 22.9. The largest absolute Gasteiger partial charge is 0.334 e. The van der Waals surface area contributed by atoms with Gasteiger partial charge in [-0.2, -0.15) is 0 Å². The molecule has 0 radical (unpaired) electrons. The van der Waals surface area contributed by atoms with Gasteiger partial charge in [0.25, 0.3) is 0 Å². The van der Waals surface area contributed by atoms with E-state index in [0.29, 0.717) is 11.9 Å². The molecule has 0 amide bonds. The number of nitrogens with zero attached hydrogens (tertiary/aromatic N) is 2. The van der Waals surface area contributed by atoms with Gasteiger partial charge in [0.05, 0.1) is 22.4 Å². The van der Waals surface area contributed by atoms with E-state index in [2.05, 4.69) is 47.0 Å². The van der Waals surface area contributed by atoms with Crippen molar-refractivity contribution in [2.75, 3.05) is 0 Å². The molecule has 4 aromatic carbocycles. The molecule has 3 nitrogen and oxygen atoms in total. The highest BCUT2D eigenvalue weighted by atomic mass is 16.1. The number of benzene rings is 4. The third kappa shape index (κ3) is 3.57. The number of pyridine rings is 2. The molecule has 0 aliphatic rings. The molecule has 0 spiro atoms. The van der Waals surface area contributed by atoms with Crippen LogP contribution in [0.25, 0.3) is 44.3 Å². The summed E-state index contributed by atoms with van der Waals surface area (Å²) in [7, 11) is 0. The number of aromatic nitrogens is 2. The van der Waals surface area contributed by atoms with E-state index in [1.807, 2.05) is 72.8 Å². The van der Waals surface area contributed by atoms with E-state index < -0.39 is 0 Å². The molecule has 0 N–H and O–H groups in total. The minimum atomic E-state index is 0.00646. The van der Waals surface area contributed by atoms with Gasteiger partial charge in [-0.3, -0.25) is 4.79 Å². The Balaban J connectivity index is 1.72. The number of rotatable bonds is 4. The summed E-state index contributed by atoms with van der Waals surface area (Å²) >= 11 is 0. The molecule has 2 heterocycles. The van der Waals surface area contributed by atoms with Crippen LogP contribution in [-0.2, 0) is 6.54 Å². The van der Waals surface area contributed by atoms with Crippen molar-refractivity contribution in [1.82, 2.24) is 9.55 Å². The Morgan fingerprint density at radius 3 is 1.97 bits per heavy atom. The Labute approximate surface area is 197 Å². The van der Waals surface area contributed by atoms with Crippen LogP contribution in [0, 0.1) is 0 Å². The first-order valence-electron chi connectivity index (χ1n) is 11.4. The molecule has 34 heavy (non-hydrogen) atoms. The summed E-state index contributed by atoms with van der Waals surface area (Å²) in [5, 5.41) is 1.69. The Morgan fingerprint density at radius 1 is 0.647 bits per heavy atom. The summed E-state index contributed by atoms with van der Waals surface area (Å²) in [6.45, 7) is 0.637. The van der Waals surface area contributed by atoms with E-state index >= 15 is 0 Å². The zero-order valence-corrected chi connectivity index (χ0v) is 18.6. The van der Waals surface area contributed by atoms with E-state index in [-0.39, 0.29) is 5.43 Å². The molecule has 0 fully saturated rings. The maximum atomic E-state index is 13.3. The molecule has 0 saturated heterocycles. The lowest BCUT2D eigenvalue weighted by Gasteiger charge is -2.19. The molecule has 6 rings (SSSR count). The normalized spacial score (nSPS) is 11.2. The van der Waals surface area contributed by atoms with Crippen molar-refractivity contribution >= 4 is 21.8 Å². The van der Waals surface area contributed by atoms with Gasteiger partial charge in [-0.15, -0.1) is 0 Å². The lowest BCUT2D eigenvalue weighted by molar-refractivity contribution is 0.836. The van der Waals surface area contributed by atoms with Crippen LogP contribution in [0.3, 0.4) is 0 Å². The van der Waals surface area contributed by atoms with Gasteiger partial charge < -0.3 is 4.57 Å². The highest BCUT2D eigenvalue weighted by Crippen LogP contribution is 2.30. The molecule has 0 aliphatic carbocycles. The predicted molar refractivity (Wildman–Crippen MR) is 140 cm³/mol. The first-order valence-corrected chi connectivity index (χ1v) is 11.4. The van der Waals surface area contributed by atoms with Gasteiger partial charge >= 0.3 is 0 Å². The minimum absolute atomic E-state index is 0.00646. The van der Waals surface area contributed by atoms with E-state index in [9.17, 15) is 4.79 Å². The van der Waals surface area contributed by atoms with Gasteiger partial charge in [0.2, 0.25) is 0 Å². The Bertz CT molecular complexity index is 1670. The average molecular weight is 439 g/mol. The number of hydrogen-bond acceptors (Lipinski definition) is 2. The lowest BCUT2D eigenvalue weighted by atomic mass is 10.0. The Hall–Kier alpha value is -4.50. The summed E-state index contributed by atoms with van der Waals surface area (Å²) in [6, 6.07) is 40.4. The third-order valence-electron chi connectivity index (χ3n) is 6.25. The average Bonchev–Trinajstić information content (AvgIpc) is 2.91. The molecule has 162 valence electrons. The fourth-order valence-corrected chi connectivity index (χ4v) is 4.59. The molecular weight excluding hydrogens is 416 g/mol. The van der Waals surface area contributed by atoms with Crippen LogP contribution in [0.15, 0.2) is 126 Å². The molecule has 0 saturated carbocycles. The summed E-state index contributed by atoms with van der Waals surface area (Å²) in [5.41, 5.74) is 6.72. The van der Waals surface area contributed by atoms with Gasteiger partial charge in [0.15, 0.2) is 5.43 Å². The van der Waals surface area contributed by atoms with Crippen LogP contribution < -0.4 is 5.43 Å². The second-order valence-corrected chi connectivity index (χ2v) is 8.43. The molecular formula is C31H22N2O. The molecule has 3 heteroatoms. The summed E-state index contributed by atoms with van der Waals surface area (Å²) in [4.78, 5) is 18.4. The summed E-state index contributed by atoms with van der Waals surface area (Å²) in [5.74, 6) is 0. The van der Waals surface area contributed by atoms with Crippen LogP contribution in [0.1, 0.15) is 5.56 Å². The van der Waals surface area contributed by atoms with Crippen molar-refractivity contribution in [3.8, 4) is 22.5 Å². The predicted octanol–water partition coefficient (Wildman–Crippen LogP) is 6.93. The van der Waals surface area contributed by atoms with Crippen molar-refractivity contribution < 1.29 is 0 Å². The van der Waals surface area contributed by atoms with E-state index in [1.54, 1.807) is 6.07 Å². The molecule has 2 aromatic heterocycles. The number of fused-ring (bicyclic) bond motifs is 3. The fraction of sp³-hybridized carbons (Fsp3) is 0.0323. The maximum Gasteiger partial charge on any atom is 0.190 e. The number of hydrogen-bond donors (Lipinski definition) is 0. The van der Waals surface area contributed by atoms with Gasteiger partial charge in [-0.1, -0.05) is 103 Å². The van der Waals surface area contributed by atoms with Crippen LogP contribution in [-0.4, -0.2) is 9.55 Å². The second kappa shape index (κ2) is 8.45. The quantitative estimate of drug-likeness (QED) is 0.280. The molecule has 0 unspecified atom stereocenters. The zero-order valence-electron chi connectivity index (χ0n) is 18.6. The smallest absolute Gasteiger partial charge is 0.190 e. The monoisotopic (exact) mass is 438 g/mol.